The fourth-order valence-corrected chi connectivity index (χ4v) is 2.48. The highest BCUT2D eigenvalue weighted by Crippen LogP contribution is 2.41. The predicted molar refractivity (Wildman–Crippen MR) is 81.2 cm³/mol. The van der Waals surface area contributed by atoms with Crippen LogP contribution in [0.3, 0.4) is 0 Å². The summed E-state index contributed by atoms with van der Waals surface area (Å²) in [6, 6.07) is 5.06. The van der Waals surface area contributed by atoms with Gasteiger partial charge in [-0.3, -0.25) is 4.79 Å². The first-order valence-corrected chi connectivity index (χ1v) is 7.26. The first-order chi connectivity index (χ1) is 11.9. The van der Waals surface area contributed by atoms with Crippen LogP contribution < -0.4 is 5.73 Å². The van der Waals surface area contributed by atoms with Crippen molar-refractivity contribution in [1.82, 2.24) is 0 Å². The molecule has 140 valence electrons. The van der Waals surface area contributed by atoms with E-state index >= 15 is 0 Å². The van der Waals surface area contributed by atoms with Gasteiger partial charge in [0.25, 0.3) is 0 Å². The molecule has 0 saturated carbocycles. The first-order valence-electron chi connectivity index (χ1n) is 7.26. The number of nitrogens with two attached hydrogens (primary N) is 1. The van der Waals surface area contributed by atoms with Crippen LogP contribution in [0.1, 0.15) is 16.7 Å². The monoisotopic (exact) mass is 377 g/mol. The van der Waals surface area contributed by atoms with Crippen LogP contribution >= 0.6 is 0 Å². The Labute approximate surface area is 144 Å². The molecule has 26 heavy (non-hydrogen) atoms. The van der Waals surface area contributed by atoms with Gasteiger partial charge >= 0.3 is 18.3 Å². The van der Waals surface area contributed by atoms with Crippen LogP contribution in [0.4, 0.5) is 26.3 Å². The number of carboxylic acids is 1. The largest absolute Gasteiger partial charge is 0.480 e. The van der Waals surface area contributed by atoms with Crippen molar-refractivity contribution in [3.8, 4) is 11.1 Å². The molecule has 0 saturated heterocycles. The lowest BCUT2D eigenvalue weighted by Crippen LogP contribution is -2.32. The Morgan fingerprint density at radius 3 is 2.12 bits per heavy atom. The van der Waals surface area contributed by atoms with Crippen LogP contribution in [0.25, 0.3) is 11.1 Å². The molecule has 3 N–H and O–H groups in total. The maximum atomic E-state index is 13.3. The highest BCUT2D eigenvalue weighted by molar-refractivity contribution is 5.76. The Kier molecular flexibility index (Phi) is 5.31. The van der Waals surface area contributed by atoms with Gasteiger partial charge in [-0.25, -0.2) is 0 Å². The molecule has 0 bridgehead atoms. The summed E-state index contributed by atoms with van der Waals surface area (Å²) in [6.45, 7) is 0. The topological polar surface area (TPSA) is 63.3 Å². The predicted octanol–water partition coefficient (Wildman–Crippen LogP) is 4.35. The molecule has 1 atom stereocenters. The second kappa shape index (κ2) is 6.99. The lowest BCUT2D eigenvalue weighted by Gasteiger charge is -2.19. The zero-order valence-electron chi connectivity index (χ0n) is 13.0. The number of rotatable bonds is 4. The Bertz CT molecular complexity index is 814. The summed E-state index contributed by atoms with van der Waals surface area (Å²) in [5.41, 5.74) is 2.20. The van der Waals surface area contributed by atoms with Crippen LogP contribution in [-0.4, -0.2) is 17.1 Å². The number of aliphatic carboxylic acids is 1. The third kappa shape index (κ3) is 4.34. The van der Waals surface area contributed by atoms with Gasteiger partial charge in [-0.05, 0) is 41.3 Å². The fraction of sp³-hybridized carbons (Fsp3) is 0.235. The third-order valence-electron chi connectivity index (χ3n) is 3.72. The van der Waals surface area contributed by atoms with Crippen molar-refractivity contribution in [3.05, 3.63) is 59.2 Å². The highest BCUT2D eigenvalue weighted by Gasteiger charge is 2.37. The average Bonchev–Trinajstić information content (AvgIpc) is 2.53. The van der Waals surface area contributed by atoms with E-state index in [4.69, 9.17) is 10.8 Å². The molecule has 0 heterocycles. The van der Waals surface area contributed by atoms with E-state index in [0.29, 0.717) is 18.2 Å². The summed E-state index contributed by atoms with van der Waals surface area (Å²) in [5, 5.41) is 8.89. The molecular weight excluding hydrogens is 364 g/mol. The van der Waals surface area contributed by atoms with Gasteiger partial charge in [0, 0.05) is 0 Å². The number of alkyl halides is 6. The minimum absolute atomic E-state index is 0.104. The van der Waals surface area contributed by atoms with Gasteiger partial charge in [-0.2, -0.15) is 26.3 Å². The van der Waals surface area contributed by atoms with Crippen molar-refractivity contribution in [1.29, 1.82) is 0 Å². The van der Waals surface area contributed by atoms with Gasteiger partial charge in [0.15, 0.2) is 0 Å². The highest BCUT2D eigenvalue weighted by atomic mass is 19.4. The van der Waals surface area contributed by atoms with E-state index in [2.05, 4.69) is 0 Å². The molecule has 0 amide bonds. The number of hydrogen-bond acceptors (Lipinski definition) is 2. The van der Waals surface area contributed by atoms with Crippen molar-refractivity contribution >= 4 is 5.97 Å². The molecule has 0 aliphatic rings. The maximum absolute atomic E-state index is 13.3. The van der Waals surface area contributed by atoms with E-state index in [9.17, 15) is 31.1 Å². The summed E-state index contributed by atoms with van der Waals surface area (Å²) < 4.78 is 78.7. The van der Waals surface area contributed by atoms with Crippen LogP contribution in [0.5, 0.6) is 0 Å². The number of benzene rings is 2. The lowest BCUT2D eigenvalue weighted by atomic mass is 9.91. The zero-order chi connectivity index (χ0) is 19.7. The van der Waals surface area contributed by atoms with E-state index in [1.165, 1.54) is 24.3 Å². The number of carbonyl (C=O) groups is 1. The smallest absolute Gasteiger partial charge is 0.417 e. The van der Waals surface area contributed by atoms with Crippen molar-refractivity contribution in [2.45, 2.75) is 24.8 Å². The molecule has 0 aromatic heterocycles. The molecule has 2 rings (SSSR count). The molecule has 2 aromatic carbocycles. The molecule has 9 heteroatoms. The number of carboxylic acid groups (broad SMARTS) is 1. The Morgan fingerprint density at radius 2 is 1.58 bits per heavy atom. The summed E-state index contributed by atoms with van der Waals surface area (Å²) in [4.78, 5) is 10.9. The van der Waals surface area contributed by atoms with Crippen molar-refractivity contribution in [3.63, 3.8) is 0 Å². The SMILES string of the molecule is N[C@@H](Cc1ccccc1-c1cc(C(F)(F)F)ccc1C(F)(F)F)C(=O)O. The Morgan fingerprint density at radius 1 is 0.962 bits per heavy atom. The molecular formula is C17H13F6NO2. The second-order valence-electron chi connectivity index (χ2n) is 5.56. The Balaban J connectivity index is 2.68. The summed E-state index contributed by atoms with van der Waals surface area (Å²) in [6.07, 6.45) is -10.0. The van der Waals surface area contributed by atoms with Crippen molar-refractivity contribution in [2.75, 3.05) is 0 Å². The lowest BCUT2D eigenvalue weighted by molar-refractivity contribution is -0.141. The molecule has 0 fully saturated rings. The molecule has 0 unspecified atom stereocenters. The van der Waals surface area contributed by atoms with E-state index < -0.39 is 41.1 Å². The summed E-state index contributed by atoms with van der Waals surface area (Å²) in [7, 11) is 0. The van der Waals surface area contributed by atoms with Gasteiger partial charge in [0.05, 0.1) is 11.1 Å². The van der Waals surface area contributed by atoms with Gasteiger partial charge in [0.1, 0.15) is 6.04 Å². The number of halogens is 6. The first kappa shape index (κ1) is 19.8. The number of hydrogen-bond donors (Lipinski definition) is 2. The zero-order valence-corrected chi connectivity index (χ0v) is 13.0. The molecule has 0 spiro atoms. The standard InChI is InChI=1S/C17H13F6NO2/c18-16(19,20)10-5-6-13(17(21,22)23)12(8-10)11-4-2-1-3-9(11)7-14(24)15(25)26/h1-6,8,14H,7,24H2,(H,25,26)/t14-/m0/s1. The van der Waals surface area contributed by atoms with E-state index in [1.54, 1.807) is 0 Å². The second-order valence-corrected chi connectivity index (χ2v) is 5.56. The van der Waals surface area contributed by atoms with Crippen LogP contribution in [0, 0.1) is 0 Å². The van der Waals surface area contributed by atoms with Crippen LogP contribution in [0.2, 0.25) is 0 Å². The average molecular weight is 377 g/mol. The maximum Gasteiger partial charge on any atom is 0.417 e. The van der Waals surface area contributed by atoms with Crippen LogP contribution in [0.15, 0.2) is 42.5 Å². The van der Waals surface area contributed by atoms with E-state index in [1.807, 2.05) is 0 Å². The fourth-order valence-electron chi connectivity index (χ4n) is 2.48. The van der Waals surface area contributed by atoms with Crippen molar-refractivity contribution < 1.29 is 36.2 Å². The summed E-state index contributed by atoms with van der Waals surface area (Å²) >= 11 is 0. The van der Waals surface area contributed by atoms with Gasteiger partial charge < -0.3 is 10.8 Å². The Hall–Kier alpha value is -2.55. The van der Waals surface area contributed by atoms with Gasteiger partial charge in [-0.15, -0.1) is 0 Å². The minimum atomic E-state index is -4.89. The minimum Gasteiger partial charge on any atom is -0.480 e. The van der Waals surface area contributed by atoms with Crippen molar-refractivity contribution in [2.24, 2.45) is 5.73 Å². The van der Waals surface area contributed by atoms with E-state index in [0.717, 1.165) is 0 Å². The third-order valence-corrected chi connectivity index (χ3v) is 3.72. The quantitative estimate of drug-likeness (QED) is 0.779. The van der Waals surface area contributed by atoms with Gasteiger partial charge in [0.2, 0.25) is 0 Å². The molecule has 2 aromatic rings. The molecule has 0 aliphatic carbocycles. The van der Waals surface area contributed by atoms with Crippen LogP contribution in [-0.2, 0) is 23.6 Å². The molecule has 0 aliphatic heterocycles. The normalized spacial score (nSPS) is 13.5. The van der Waals surface area contributed by atoms with E-state index in [-0.39, 0.29) is 17.5 Å². The van der Waals surface area contributed by atoms with Gasteiger partial charge in [-0.1, -0.05) is 24.3 Å². The summed E-state index contributed by atoms with van der Waals surface area (Å²) in [5.74, 6) is -1.38. The molecule has 3 nitrogen and oxygen atoms in total. The molecule has 0 radical (unpaired) electrons.